The van der Waals surface area contributed by atoms with E-state index >= 15 is 0 Å². The van der Waals surface area contributed by atoms with Gasteiger partial charge in [0.25, 0.3) is 5.91 Å². The van der Waals surface area contributed by atoms with Crippen LogP contribution >= 0.6 is 0 Å². The molecule has 2 heterocycles. The summed E-state index contributed by atoms with van der Waals surface area (Å²) >= 11 is 0. The van der Waals surface area contributed by atoms with Gasteiger partial charge in [0.15, 0.2) is 11.5 Å². The zero-order valence-corrected chi connectivity index (χ0v) is 21.5. The maximum absolute atomic E-state index is 14.5. The monoisotopic (exact) mass is 519 g/mol. The summed E-state index contributed by atoms with van der Waals surface area (Å²) < 4.78 is 25.6. The molecule has 2 N–H and O–H groups in total. The first-order valence-electron chi connectivity index (χ1n) is 12.5. The highest BCUT2D eigenvalue weighted by atomic mass is 19.1. The highest BCUT2D eigenvalue weighted by Gasteiger charge is 2.45. The Labute approximate surface area is 220 Å². The Morgan fingerprint density at radius 1 is 1.03 bits per heavy atom. The summed E-state index contributed by atoms with van der Waals surface area (Å²) in [6, 6.07) is 15.5. The van der Waals surface area contributed by atoms with E-state index in [0.29, 0.717) is 35.8 Å². The fourth-order valence-electron chi connectivity index (χ4n) is 4.33. The molecule has 2 aliphatic rings. The number of rotatable bonds is 6. The van der Waals surface area contributed by atoms with Gasteiger partial charge in [-0.05, 0) is 47.9 Å². The first-order valence-corrected chi connectivity index (χ1v) is 12.5. The molecule has 0 saturated carbocycles. The van der Waals surface area contributed by atoms with Crippen LogP contribution in [0.25, 0.3) is 0 Å². The minimum absolute atomic E-state index is 0.0286. The van der Waals surface area contributed by atoms with Crippen molar-refractivity contribution in [2.24, 2.45) is 0 Å². The lowest BCUT2D eigenvalue weighted by molar-refractivity contribution is -0.134. The molecular weight excluding hydrogens is 489 g/mol. The fraction of sp³-hybridized carbons (Fsp3) is 0.276. The molecule has 38 heavy (non-hydrogen) atoms. The molecule has 4 amide bonds. The number of benzene rings is 3. The Kier molecular flexibility index (Phi) is 8.25. The predicted octanol–water partition coefficient (Wildman–Crippen LogP) is 4.77. The Morgan fingerprint density at radius 2 is 1.74 bits per heavy atom. The van der Waals surface area contributed by atoms with Crippen LogP contribution in [0.15, 0.2) is 66.7 Å². The molecule has 2 atom stereocenters. The number of fused-ring (bicyclic) bond motifs is 1. The van der Waals surface area contributed by atoms with Gasteiger partial charge in [0.1, 0.15) is 31.1 Å². The number of amides is 4. The third-order valence-corrected chi connectivity index (χ3v) is 6.14. The van der Waals surface area contributed by atoms with Gasteiger partial charge in [-0.15, -0.1) is 0 Å². The number of aryl methyl sites for hydroxylation is 1. The van der Waals surface area contributed by atoms with E-state index in [2.05, 4.69) is 10.6 Å². The predicted molar refractivity (Wildman–Crippen MR) is 141 cm³/mol. The Balaban J connectivity index is 0.00000164. The molecule has 9 heteroatoms. The maximum atomic E-state index is 14.5. The molecule has 1 saturated heterocycles. The smallest absolute Gasteiger partial charge is 0.325 e. The average Bonchev–Trinajstić information content (AvgIpc) is 3.23. The molecule has 198 valence electrons. The van der Waals surface area contributed by atoms with E-state index in [1.165, 1.54) is 12.1 Å². The zero-order valence-electron chi connectivity index (χ0n) is 21.5. The largest absolute Gasteiger partial charge is 0.486 e. The van der Waals surface area contributed by atoms with E-state index in [1.807, 2.05) is 19.9 Å². The molecule has 1 fully saturated rings. The van der Waals surface area contributed by atoms with Gasteiger partial charge in [-0.25, -0.2) is 14.1 Å². The zero-order chi connectivity index (χ0) is 27.2. The van der Waals surface area contributed by atoms with Gasteiger partial charge >= 0.3 is 6.03 Å². The van der Waals surface area contributed by atoms with E-state index in [1.54, 1.807) is 55.5 Å². The van der Waals surface area contributed by atoms with Crippen LogP contribution in [0.3, 0.4) is 0 Å². The summed E-state index contributed by atoms with van der Waals surface area (Å²) in [4.78, 5) is 40.8. The van der Waals surface area contributed by atoms with Gasteiger partial charge < -0.3 is 20.1 Å². The number of anilines is 1. The third-order valence-electron chi connectivity index (χ3n) is 6.14. The number of carbonyl (C=O) groups is 3. The fourth-order valence-corrected chi connectivity index (χ4v) is 4.33. The molecule has 0 aliphatic carbocycles. The SMILES string of the molecule is CC.Cc1ccc(NC(=O)C(Cc2ccccc2)N2C(=O)N[C@H](c3ccc4c(c3)OCCO4)C2=O)c(F)c1. The summed E-state index contributed by atoms with van der Waals surface area (Å²) in [5, 5.41) is 5.21. The van der Waals surface area contributed by atoms with Crippen molar-refractivity contribution in [3.05, 3.63) is 89.2 Å². The number of hydrogen-bond acceptors (Lipinski definition) is 5. The van der Waals surface area contributed by atoms with Crippen LogP contribution in [-0.4, -0.2) is 42.0 Å². The van der Waals surface area contributed by atoms with Crippen molar-refractivity contribution in [2.75, 3.05) is 18.5 Å². The number of carbonyl (C=O) groups excluding carboxylic acids is 3. The number of hydrogen-bond donors (Lipinski definition) is 2. The number of halogens is 1. The van der Waals surface area contributed by atoms with Crippen LogP contribution in [-0.2, 0) is 16.0 Å². The number of imide groups is 1. The number of nitrogens with one attached hydrogen (secondary N) is 2. The van der Waals surface area contributed by atoms with Crippen molar-refractivity contribution in [1.82, 2.24) is 10.2 Å². The van der Waals surface area contributed by atoms with Crippen LogP contribution in [0.2, 0.25) is 0 Å². The molecule has 0 radical (unpaired) electrons. The molecule has 3 aromatic rings. The average molecular weight is 520 g/mol. The second-order valence-electron chi connectivity index (χ2n) is 8.67. The topological polar surface area (TPSA) is 97.0 Å². The van der Waals surface area contributed by atoms with Crippen LogP contribution in [0, 0.1) is 12.7 Å². The Hall–Kier alpha value is -4.40. The van der Waals surface area contributed by atoms with Crippen molar-refractivity contribution in [1.29, 1.82) is 0 Å². The number of nitrogens with zero attached hydrogens (tertiary/aromatic N) is 1. The highest BCUT2D eigenvalue weighted by Crippen LogP contribution is 2.35. The second kappa shape index (κ2) is 11.8. The van der Waals surface area contributed by atoms with Gasteiger partial charge in [-0.1, -0.05) is 56.3 Å². The minimum atomic E-state index is -1.21. The van der Waals surface area contributed by atoms with Crippen molar-refractivity contribution < 1.29 is 28.2 Å². The van der Waals surface area contributed by atoms with Gasteiger partial charge in [-0.2, -0.15) is 0 Å². The highest BCUT2D eigenvalue weighted by molar-refractivity contribution is 6.09. The van der Waals surface area contributed by atoms with E-state index in [9.17, 15) is 18.8 Å². The van der Waals surface area contributed by atoms with Crippen molar-refractivity contribution >= 4 is 23.5 Å². The quantitative estimate of drug-likeness (QED) is 0.457. The van der Waals surface area contributed by atoms with E-state index in [0.717, 1.165) is 10.5 Å². The molecule has 8 nitrogen and oxygen atoms in total. The molecule has 1 unspecified atom stereocenters. The van der Waals surface area contributed by atoms with Gasteiger partial charge in [-0.3, -0.25) is 9.59 Å². The Morgan fingerprint density at radius 3 is 2.45 bits per heavy atom. The first-order chi connectivity index (χ1) is 18.4. The lowest BCUT2D eigenvalue weighted by Gasteiger charge is -2.25. The van der Waals surface area contributed by atoms with E-state index in [4.69, 9.17) is 9.47 Å². The van der Waals surface area contributed by atoms with Crippen molar-refractivity contribution in [2.45, 2.75) is 39.3 Å². The number of ether oxygens (including phenoxy) is 2. The summed E-state index contributed by atoms with van der Waals surface area (Å²) in [6.45, 7) is 6.54. The molecule has 0 spiro atoms. The first kappa shape index (κ1) is 26.7. The molecule has 5 rings (SSSR count). The van der Waals surface area contributed by atoms with Crippen LogP contribution in [0.4, 0.5) is 14.9 Å². The molecule has 0 bridgehead atoms. The van der Waals surface area contributed by atoms with Crippen LogP contribution < -0.4 is 20.1 Å². The summed E-state index contributed by atoms with van der Waals surface area (Å²) in [7, 11) is 0. The van der Waals surface area contributed by atoms with Gasteiger partial charge in [0.2, 0.25) is 5.91 Å². The minimum Gasteiger partial charge on any atom is -0.486 e. The maximum Gasteiger partial charge on any atom is 0.325 e. The molecule has 0 aromatic heterocycles. The number of urea groups is 1. The summed E-state index contributed by atoms with van der Waals surface area (Å²) in [6.07, 6.45) is 0.0627. The molecule has 2 aliphatic heterocycles. The molecule has 3 aromatic carbocycles. The van der Waals surface area contributed by atoms with Gasteiger partial charge in [0, 0.05) is 6.42 Å². The normalized spacial score (nSPS) is 16.7. The summed E-state index contributed by atoms with van der Waals surface area (Å²) in [5.41, 5.74) is 1.91. The second-order valence-corrected chi connectivity index (χ2v) is 8.67. The lowest BCUT2D eigenvalue weighted by atomic mass is 10.0. The van der Waals surface area contributed by atoms with Crippen molar-refractivity contribution in [3.63, 3.8) is 0 Å². The van der Waals surface area contributed by atoms with E-state index < -0.39 is 35.7 Å². The standard InChI is InChI=1S/C27H24FN3O5.C2H6/c1-16-7-9-20(19(28)13-16)29-25(32)21(14-17-5-3-2-4-6-17)31-26(33)24(30-27(31)34)18-8-10-22-23(15-18)36-12-11-35-22;1-2/h2-10,13,15,21,24H,11-12,14H2,1H3,(H,29,32)(H,30,34);1-2H3/t21?,24-;/m1./s1. The van der Waals surface area contributed by atoms with E-state index in [-0.39, 0.29) is 12.1 Å². The summed E-state index contributed by atoms with van der Waals surface area (Å²) in [5.74, 6) is -0.828. The van der Waals surface area contributed by atoms with Crippen LogP contribution in [0.5, 0.6) is 11.5 Å². The van der Waals surface area contributed by atoms with Crippen LogP contribution in [0.1, 0.15) is 36.6 Å². The Bertz CT molecular complexity index is 1330. The van der Waals surface area contributed by atoms with Gasteiger partial charge in [0.05, 0.1) is 5.69 Å². The molecular formula is C29H30FN3O5. The lowest BCUT2D eigenvalue weighted by Crippen LogP contribution is -2.49. The third kappa shape index (κ3) is 5.61. The van der Waals surface area contributed by atoms with Crippen molar-refractivity contribution in [3.8, 4) is 11.5 Å².